The van der Waals surface area contributed by atoms with Crippen molar-refractivity contribution in [1.29, 1.82) is 0 Å². The molecule has 56 valence electrons. The molecule has 0 atom stereocenters. The summed E-state index contributed by atoms with van der Waals surface area (Å²) in [5.41, 5.74) is 0. The molecule has 0 aliphatic heterocycles. The second-order valence-electron chi connectivity index (χ2n) is 2.36. The molecule has 0 saturated carbocycles. The minimum absolute atomic E-state index is 0.662. The van der Waals surface area contributed by atoms with E-state index in [-0.39, 0.29) is 0 Å². The van der Waals surface area contributed by atoms with Crippen molar-refractivity contribution in [3.63, 3.8) is 0 Å². The zero-order valence-electron chi connectivity index (χ0n) is 7.15. The van der Waals surface area contributed by atoms with Gasteiger partial charge in [-0.25, -0.2) is 0 Å². The molecule has 0 N–H and O–H groups in total. The maximum absolute atomic E-state index is 4.98. The summed E-state index contributed by atoms with van der Waals surface area (Å²) >= 11 is 0. The maximum atomic E-state index is 4.98. The van der Waals surface area contributed by atoms with E-state index in [1.54, 1.807) is 0 Å². The quantitative estimate of drug-likeness (QED) is 0.486. The van der Waals surface area contributed by atoms with Crippen LogP contribution in [0.1, 0.15) is 33.6 Å². The SMILES string of the molecule is C#CCC.C#CCC(C)C. The molecular weight excluding hydrogens is 120 g/mol. The molecule has 0 aromatic heterocycles. The van der Waals surface area contributed by atoms with E-state index in [1.807, 2.05) is 6.92 Å². The standard InChI is InChI=1S/C6H10.C4H6/c1-4-5-6(2)3;1-3-4-2/h1,6H,5H2,2-3H3;1H,4H2,2H3. The molecule has 0 nitrogen and oxygen atoms in total. The van der Waals surface area contributed by atoms with Crippen LogP contribution in [0.15, 0.2) is 0 Å². The van der Waals surface area contributed by atoms with Gasteiger partial charge in [-0.15, -0.1) is 24.7 Å². The Hall–Kier alpha value is -0.880. The minimum atomic E-state index is 0.662. The highest BCUT2D eigenvalue weighted by atomic mass is 13.9. The Balaban J connectivity index is 0. The van der Waals surface area contributed by atoms with Crippen LogP contribution < -0.4 is 0 Å². The lowest BCUT2D eigenvalue weighted by Crippen LogP contribution is -1.79. The Bertz CT molecular complexity index is 118. The summed E-state index contributed by atoms with van der Waals surface area (Å²) in [7, 11) is 0. The third-order valence-corrected chi connectivity index (χ3v) is 0.730. The molecule has 0 heteroatoms. The average Bonchev–Trinajstić information content (AvgIpc) is 1.89. The molecule has 0 aliphatic rings. The first kappa shape index (κ1) is 11.9. The van der Waals surface area contributed by atoms with Crippen LogP contribution >= 0.6 is 0 Å². The molecule has 0 aromatic rings. The lowest BCUT2D eigenvalue weighted by atomic mass is 10.1. The zero-order valence-corrected chi connectivity index (χ0v) is 7.15. The second kappa shape index (κ2) is 11.0. The summed E-state index contributed by atoms with van der Waals surface area (Å²) in [6.07, 6.45) is 11.5. The first-order valence-electron chi connectivity index (χ1n) is 3.55. The third-order valence-electron chi connectivity index (χ3n) is 0.730. The van der Waals surface area contributed by atoms with Crippen LogP contribution in [-0.2, 0) is 0 Å². The third kappa shape index (κ3) is 27.4. The van der Waals surface area contributed by atoms with Crippen LogP contribution in [0.4, 0.5) is 0 Å². The highest BCUT2D eigenvalue weighted by molar-refractivity contribution is 4.84. The highest BCUT2D eigenvalue weighted by Crippen LogP contribution is 1.94. The smallest absolute Gasteiger partial charge is 0.0109 e. The Morgan fingerprint density at radius 3 is 1.60 bits per heavy atom. The van der Waals surface area contributed by atoms with Gasteiger partial charge in [0.25, 0.3) is 0 Å². The van der Waals surface area contributed by atoms with Crippen molar-refractivity contribution in [3.05, 3.63) is 0 Å². The molecule has 0 bridgehead atoms. The van der Waals surface area contributed by atoms with Crippen LogP contribution in [0, 0.1) is 30.6 Å². The molecular formula is C10H16. The summed E-state index contributed by atoms with van der Waals surface area (Å²) in [5, 5.41) is 0. The van der Waals surface area contributed by atoms with Crippen molar-refractivity contribution in [2.75, 3.05) is 0 Å². The Morgan fingerprint density at radius 2 is 1.60 bits per heavy atom. The van der Waals surface area contributed by atoms with E-state index < -0.39 is 0 Å². The molecule has 0 rings (SSSR count). The lowest BCUT2D eigenvalue weighted by Gasteiger charge is -1.90. The van der Waals surface area contributed by atoms with Gasteiger partial charge >= 0.3 is 0 Å². The lowest BCUT2D eigenvalue weighted by molar-refractivity contribution is 0.676. The normalized spacial score (nSPS) is 7.00. The molecule has 0 saturated heterocycles. The molecule has 0 radical (unpaired) electrons. The summed E-state index contributed by atoms with van der Waals surface area (Å²) in [6.45, 7) is 6.17. The predicted octanol–water partition coefficient (Wildman–Crippen LogP) is 2.70. The van der Waals surface area contributed by atoms with E-state index in [0.29, 0.717) is 5.92 Å². The molecule has 0 aromatic carbocycles. The van der Waals surface area contributed by atoms with Crippen molar-refractivity contribution >= 4 is 0 Å². The minimum Gasteiger partial charge on any atom is -0.120 e. The van der Waals surface area contributed by atoms with Crippen molar-refractivity contribution < 1.29 is 0 Å². The molecule has 0 heterocycles. The van der Waals surface area contributed by atoms with E-state index in [0.717, 1.165) is 12.8 Å². The van der Waals surface area contributed by atoms with Gasteiger partial charge in [-0.1, -0.05) is 20.8 Å². The van der Waals surface area contributed by atoms with Crippen LogP contribution in [0.5, 0.6) is 0 Å². The number of terminal acetylenes is 2. The topological polar surface area (TPSA) is 0 Å². The van der Waals surface area contributed by atoms with Crippen molar-refractivity contribution in [1.82, 2.24) is 0 Å². The Labute approximate surface area is 65.0 Å². The van der Waals surface area contributed by atoms with E-state index in [9.17, 15) is 0 Å². The van der Waals surface area contributed by atoms with E-state index >= 15 is 0 Å². The first-order valence-corrected chi connectivity index (χ1v) is 3.55. The van der Waals surface area contributed by atoms with Crippen LogP contribution in [-0.4, -0.2) is 0 Å². The van der Waals surface area contributed by atoms with Gasteiger partial charge in [0.15, 0.2) is 0 Å². The van der Waals surface area contributed by atoms with Crippen molar-refractivity contribution in [3.8, 4) is 24.7 Å². The molecule has 0 amide bonds. The van der Waals surface area contributed by atoms with Crippen LogP contribution in [0.3, 0.4) is 0 Å². The van der Waals surface area contributed by atoms with Gasteiger partial charge in [0.05, 0.1) is 0 Å². The number of hydrogen-bond acceptors (Lipinski definition) is 0. The number of hydrogen-bond donors (Lipinski definition) is 0. The van der Waals surface area contributed by atoms with Crippen molar-refractivity contribution in [2.24, 2.45) is 5.92 Å². The number of rotatable bonds is 1. The predicted molar refractivity (Wildman–Crippen MR) is 47.4 cm³/mol. The Morgan fingerprint density at radius 1 is 1.20 bits per heavy atom. The summed E-state index contributed by atoms with van der Waals surface area (Å²) < 4.78 is 0. The monoisotopic (exact) mass is 136 g/mol. The fourth-order valence-electron chi connectivity index (χ4n) is 0.236. The van der Waals surface area contributed by atoms with Gasteiger partial charge in [0, 0.05) is 12.8 Å². The summed E-state index contributed by atoms with van der Waals surface area (Å²) in [4.78, 5) is 0. The molecule has 0 fully saturated rings. The van der Waals surface area contributed by atoms with E-state index in [4.69, 9.17) is 12.8 Å². The second-order valence-corrected chi connectivity index (χ2v) is 2.36. The largest absolute Gasteiger partial charge is 0.120 e. The van der Waals surface area contributed by atoms with Gasteiger partial charge in [-0.2, -0.15) is 0 Å². The van der Waals surface area contributed by atoms with Gasteiger partial charge in [0.1, 0.15) is 0 Å². The van der Waals surface area contributed by atoms with E-state index in [1.165, 1.54) is 0 Å². The molecule has 0 unspecified atom stereocenters. The van der Waals surface area contributed by atoms with Gasteiger partial charge in [-0.3, -0.25) is 0 Å². The zero-order chi connectivity index (χ0) is 8.41. The van der Waals surface area contributed by atoms with E-state index in [2.05, 4.69) is 25.7 Å². The molecule has 0 aliphatic carbocycles. The maximum Gasteiger partial charge on any atom is 0.0109 e. The first-order chi connectivity index (χ1) is 4.68. The summed E-state index contributed by atoms with van der Waals surface area (Å²) in [5.74, 6) is 5.66. The Kier molecular flexibility index (Phi) is 13.0. The van der Waals surface area contributed by atoms with Crippen molar-refractivity contribution in [2.45, 2.75) is 33.6 Å². The molecule has 10 heavy (non-hydrogen) atoms. The fourth-order valence-corrected chi connectivity index (χ4v) is 0.236. The van der Waals surface area contributed by atoms with Crippen LogP contribution in [0.2, 0.25) is 0 Å². The summed E-state index contributed by atoms with van der Waals surface area (Å²) in [6, 6.07) is 0. The average molecular weight is 136 g/mol. The molecule has 0 spiro atoms. The highest BCUT2D eigenvalue weighted by Gasteiger charge is 1.83. The van der Waals surface area contributed by atoms with Gasteiger partial charge in [-0.05, 0) is 5.92 Å². The van der Waals surface area contributed by atoms with Gasteiger partial charge in [0.2, 0.25) is 0 Å². The van der Waals surface area contributed by atoms with Crippen LogP contribution in [0.25, 0.3) is 0 Å². The van der Waals surface area contributed by atoms with Gasteiger partial charge < -0.3 is 0 Å². The fraction of sp³-hybridized carbons (Fsp3) is 0.600.